The summed E-state index contributed by atoms with van der Waals surface area (Å²) in [6.07, 6.45) is -0.190. The van der Waals surface area contributed by atoms with Crippen LogP contribution in [-0.2, 0) is 16.0 Å². The zero-order valence-corrected chi connectivity index (χ0v) is 8.17. The molecular formula is C10H9F2NO3. The van der Waals surface area contributed by atoms with Crippen LogP contribution in [0, 0.1) is 11.6 Å². The number of benzene rings is 1. The maximum absolute atomic E-state index is 12.7. The molecule has 0 saturated carbocycles. The van der Waals surface area contributed by atoms with Crippen LogP contribution in [0.3, 0.4) is 0 Å². The monoisotopic (exact) mass is 229 g/mol. The molecule has 0 aliphatic carbocycles. The molecule has 0 atom stereocenters. The normalized spacial score (nSPS) is 9.88. The van der Waals surface area contributed by atoms with Crippen molar-refractivity contribution in [1.29, 1.82) is 0 Å². The van der Waals surface area contributed by atoms with Gasteiger partial charge >= 0.3 is 5.97 Å². The van der Waals surface area contributed by atoms with Crippen molar-refractivity contribution < 1.29 is 23.5 Å². The molecule has 0 bridgehead atoms. The lowest BCUT2D eigenvalue weighted by atomic mass is 10.1. The lowest BCUT2D eigenvalue weighted by molar-refractivity contribution is -0.137. The summed E-state index contributed by atoms with van der Waals surface area (Å²) in [5, 5.41) is 10.4. The molecule has 0 aromatic heterocycles. The van der Waals surface area contributed by atoms with Crippen molar-refractivity contribution in [2.75, 3.05) is 6.54 Å². The van der Waals surface area contributed by atoms with Gasteiger partial charge in [-0.15, -0.1) is 0 Å². The Labute approximate surface area is 89.9 Å². The van der Waals surface area contributed by atoms with Gasteiger partial charge in [0.15, 0.2) is 11.6 Å². The highest BCUT2D eigenvalue weighted by atomic mass is 19.2. The molecule has 6 heteroatoms. The van der Waals surface area contributed by atoms with Gasteiger partial charge in [-0.05, 0) is 17.7 Å². The van der Waals surface area contributed by atoms with Crippen LogP contribution in [0.25, 0.3) is 0 Å². The van der Waals surface area contributed by atoms with Gasteiger partial charge in [0.25, 0.3) is 0 Å². The van der Waals surface area contributed by atoms with Crippen molar-refractivity contribution in [1.82, 2.24) is 5.32 Å². The molecule has 0 heterocycles. The average molecular weight is 229 g/mol. The number of rotatable bonds is 4. The molecule has 0 saturated heterocycles. The summed E-state index contributed by atoms with van der Waals surface area (Å²) >= 11 is 0. The minimum absolute atomic E-state index is 0.190. The summed E-state index contributed by atoms with van der Waals surface area (Å²) in [4.78, 5) is 21.3. The largest absolute Gasteiger partial charge is 0.480 e. The van der Waals surface area contributed by atoms with Crippen molar-refractivity contribution in [3.63, 3.8) is 0 Å². The Kier molecular flexibility index (Phi) is 3.93. The van der Waals surface area contributed by atoms with Crippen LogP contribution in [0.2, 0.25) is 0 Å². The number of halogens is 2. The molecule has 0 aliphatic rings. The third kappa shape index (κ3) is 3.64. The van der Waals surface area contributed by atoms with Crippen LogP contribution < -0.4 is 5.32 Å². The van der Waals surface area contributed by atoms with Gasteiger partial charge in [-0.3, -0.25) is 9.59 Å². The minimum atomic E-state index is -1.17. The standard InChI is InChI=1S/C10H9F2NO3/c11-7-2-1-6(3-8(7)12)4-9(14)13-5-10(15)16/h1-3H,4-5H2,(H,13,14)(H,15,16). The maximum atomic E-state index is 12.7. The van der Waals surface area contributed by atoms with Crippen LogP contribution in [0.4, 0.5) is 8.78 Å². The first-order chi connectivity index (χ1) is 7.49. The van der Waals surface area contributed by atoms with Crippen LogP contribution >= 0.6 is 0 Å². The smallest absolute Gasteiger partial charge is 0.322 e. The van der Waals surface area contributed by atoms with Crippen molar-refractivity contribution in [2.24, 2.45) is 0 Å². The van der Waals surface area contributed by atoms with Crippen LogP contribution in [0.1, 0.15) is 5.56 Å². The fourth-order valence-electron chi connectivity index (χ4n) is 1.07. The first kappa shape index (κ1) is 12.1. The first-order valence-electron chi connectivity index (χ1n) is 4.41. The van der Waals surface area contributed by atoms with E-state index in [4.69, 9.17) is 5.11 Å². The zero-order chi connectivity index (χ0) is 12.1. The highest BCUT2D eigenvalue weighted by Gasteiger charge is 2.07. The van der Waals surface area contributed by atoms with Crippen molar-refractivity contribution >= 4 is 11.9 Å². The first-order valence-corrected chi connectivity index (χ1v) is 4.41. The van der Waals surface area contributed by atoms with Crippen LogP contribution in [-0.4, -0.2) is 23.5 Å². The lowest BCUT2D eigenvalue weighted by Gasteiger charge is -2.03. The molecule has 1 amide bonds. The SMILES string of the molecule is O=C(O)CNC(=O)Cc1ccc(F)c(F)c1. The third-order valence-electron chi connectivity index (χ3n) is 1.79. The lowest BCUT2D eigenvalue weighted by Crippen LogP contribution is -2.30. The fraction of sp³-hybridized carbons (Fsp3) is 0.200. The number of hydrogen-bond donors (Lipinski definition) is 2. The predicted molar refractivity (Wildman–Crippen MR) is 50.7 cm³/mol. The number of carboxylic acid groups (broad SMARTS) is 1. The summed E-state index contributed by atoms with van der Waals surface area (Å²) in [6, 6.07) is 3.07. The van der Waals surface area contributed by atoms with Gasteiger partial charge in [0.2, 0.25) is 5.91 Å². The summed E-state index contributed by atoms with van der Waals surface area (Å²) in [5.74, 6) is -3.76. The van der Waals surface area contributed by atoms with Crippen molar-refractivity contribution in [3.8, 4) is 0 Å². The van der Waals surface area contributed by atoms with E-state index in [0.29, 0.717) is 0 Å². The van der Waals surface area contributed by atoms with E-state index in [9.17, 15) is 18.4 Å². The van der Waals surface area contributed by atoms with Crippen LogP contribution in [0.15, 0.2) is 18.2 Å². The molecule has 0 radical (unpaired) electrons. The molecule has 0 aliphatic heterocycles. The van der Waals surface area contributed by atoms with Crippen LogP contribution in [0.5, 0.6) is 0 Å². The molecule has 0 unspecified atom stereocenters. The molecule has 1 rings (SSSR count). The van der Waals surface area contributed by atoms with E-state index in [0.717, 1.165) is 12.1 Å². The Hall–Kier alpha value is -1.98. The van der Waals surface area contributed by atoms with Gasteiger partial charge in [-0.25, -0.2) is 8.78 Å². The number of nitrogens with one attached hydrogen (secondary N) is 1. The number of carbonyl (C=O) groups is 2. The Bertz CT molecular complexity index is 421. The number of carbonyl (C=O) groups excluding carboxylic acids is 1. The minimum Gasteiger partial charge on any atom is -0.480 e. The van der Waals surface area contributed by atoms with Gasteiger partial charge in [0.05, 0.1) is 6.42 Å². The number of amides is 1. The van der Waals surface area contributed by atoms with E-state index in [-0.39, 0.29) is 12.0 Å². The summed E-state index contributed by atoms with van der Waals surface area (Å²) in [5.41, 5.74) is 0.279. The summed E-state index contributed by atoms with van der Waals surface area (Å²) in [7, 11) is 0. The Balaban J connectivity index is 2.56. The van der Waals surface area contributed by atoms with E-state index >= 15 is 0 Å². The second kappa shape index (κ2) is 5.20. The summed E-state index contributed by atoms with van der Waals surface area (Å²) < 4.78 is 25.3. The highest BCUT2D eigenvalue weighted by molar-refractivity contribution is 5.82. The predicted octanol–water partition coefficient (Wildman–Crippen LogP) is 0.708. The van der Waals surface area contributed by atoms with Gasteiger partial charge in [0.1, 0.15) is 6.54 Å². The van der Waals surface area contributed by atoms with Gasteiger partial charge in [-0.2, -0.15) is 0 Å². The van der Waals surface area contributed by atoms with E-state index in [1.165, 1.54) is 6.07 Å². The van der Waals surface area contributed by atoms with E-state index in [1.54, 1.807) is 0 Å². The Morgan fingerprint density at radius 2 is 1.94 bits per heavy atom. The third-order valence-corrected chi connectivity index (χ3v) is 1.79. The molecule has 4 nitrogen and oxygen atoms in total. The van der Waals surface area contributed by atoms with Crippen molar-refractivity contribution in [2.45, 2.75) is 6.42 Å². The van der Waals surface area contributed by atoms with E-state index in [1.807, 2.05) is 0 Å². The molecule has 1 aromatic rings. The number of hydrogen-bond acceptors (Lipinski definition) is 2. The van der Waals surface area contributed by atoms with Gasteiger partial charge in [0, 0.05) is 0 Å². The Morgan fingerprint density at radius 3 is 2.50 bits per heavy atom. The maximum Gasteiger partial charge on any atom is 0.322 e. The number of aliphatic carboxylic acids is 1. The summed E-state index contributed by atoms with van der Waals surface area (Å²) in [6.45, 7) is -0.498. The molecular weight excluding hydrogens is 220 g/mol. The molecule has 86 valence electrons. The molecule has 0 fully saturated rings. The Morgan fingerprint density at radius 1 is 1.25 bits per heavy atom. The van der Waals surface area contributed by atoms with Gasteiger partial charge in [-0.1, -0.05) is 6.07 Å². The second-order valence-corrected chi connectivity index (χ2v) is 3.10. The van der Waals surface area contributed by atoms with E-state index < -0.39 is 30.1 Å². The highest BCUT2D eigenvalue weighted by Crippen LogP contribution is 2.08. The number of carboxylic acids is 1. The molecule has 2 N–H and O–H groups in total. The molecule has 1 aromatic carbocycles. The molecule has 16 heavy (non-hydrogen) atoms. The quantitative estimate of drug-likeness (QED) is 0.799. The molecule has 0 spiro atoms. The van der Waals surface area contributed by atoms with Gasteiger partial charge < -0.3 is 10.4 Å². The second-order valence-electron chi connectivity index (χ2n) is 3.10. The fourth-order valence-corrected chi connectivity index (χ4v) is 1.07. The topological polar surface area (TPSA) is 66.4 Å². The van der Waals surface area contributed by atoms with E-state index in [2.05, 4.69) is 5.32 Å². The van der Waals surface area contributed by atoms with Crippen molar-refractivity contribution in [3.05, 3.63) is 35.4 Å². The average Bonchev–Trinajstić information content (AvgIpc) is 2.21. The zero-order valence-electron chi connectivity index (χ0n) is 8.17.